The average molecular weight is 186 g/mol. The van der Waals surface area contributed by atoms with Crippen LogP contribution in [0.25, 0.3) is 17.1 Å². The van der Waals surface area contributed by atoms with Crippen molar-refractivity contribution in [3.05, 3.63) is 24.3 Å². The van der Waals surface area contributed by atoms with Crippen LogP contribution >= 0.6 is 0 Å². The van der Waals surface area contributed by atoms with Crippen LogP contribution in [0.5, 0.6) is 0 Å². The van der Waals surface area contributed by atoms with Crippen molar-refractivity contribution in [2.75, 3.05) is 11.9 Å². The average Bonchev–Trinajstić information content (AvgIpc) is 2.55. The van der Waals surface area contributed by atoms with E-state index in [-0.39, 0.29) is 0 Å². The molecule has 14 heavy (non-hydrogen) atoms. The zero-order valence-corrected chi connectivity index (χ0v) is 7.86. The van der Waals surface area contributed by atoms with Crippen LogP contribution in [0, 0.1) is 0 Å². The van der Waals surface area contributed by atoms with E-state index < -0.39 is 0 Å². The van der Waals surface area contributed by atoms with E-state index in [2.05, 4.69) is 32.0 Å². The number of anilines is 1. The summed E-state index contributed by atoms with van der Waals surface area (Å²) in [6.45, 7) is 0.871. The second kappa shape index (κ2) is 2.57. The van der Waals surface area contributed by atoms with Crippen LogP contribution in [0.2, 0.25) is 0 Å². The first-order valence-corrected chi connectivity index (χ1v) is 4.57. The molecule has 0 fully saturated rings. The number of aromatic nitrogens is 3. The highest BCUT2D eigenvalue weighted by atomic mass is 15.0. The van der Waals surface area contributed by atoms with E-state index in [1.54, 1.807) is 6.33 Å². The van der Waals surface area contributed by atoms with Crippen molar-refractivity contribution in [3.8, 4) is 0 Å². The lowest BCUT2D eigenvalue weighted by molar-refractivity contribution is 0.945. The zero-order valence-electron chi connectivity index (χ0n) is 7.86. The van der Waals surface area contributed by atoms with Gasteiger partial charge in [-0.15, -0.1) is 0 Å². The van der Waals surface area contributed by atoms with Gasteiger partial charge in [-0.1, -0.05) is 6.08 Å². The third kappa shape index (κ3) is 0.824. The van der Waals surface area contributed by atoms with Gasteiger partial charge in [0.05, 0.1) is 23.1 Å². The van der Waals surface area contributed by atoms with Gasteiger partial charge in [0.15, 0.2) is 0 Å². The molecule has 2 aromatic rings. The van der Waals surface area contributed by atoms with Crippen molar-refractivity contribution in [3.63, 3.8) is 0 Å². The SMILES string of the molecule is Cn1c2c(c3ncncc31)NCC=C2. The van der Waals surface area contributed by atoms with Crippen molar-refractivity contribution in [2.45, 2.75) is 0 Å². The van der Waals surface area contributed by atoms with E-state index >= 15 is 0 Å². The van der Waals surface area contributed by atoms with Gasteiger partial charge in [-0.05, 0) is 6.08 Å². The number of hydrogen-bond acceptors (Lipinski definition) is 3. The van der Waals surface area contributed by atoms with Gasteiger partial charge in [0, 0.05) is 13.6 Å². The van der Waals surface area contributed by atoms with Gasteiger partial charge in [0.2, 0.25) is 0 Å². The molecule has 4 heteroatoms. The number of nitrogens with zero attached hydrogens (tertiary/aromatic N) is 3. The van der Waals surface area contributed by atoms with Crippen molar-refractivity contribution >= 4 is 22.8 Å². The van der Waals surface area contributed by atoms with Crippen molar-refractivity contribution in [1.29, 1.82) is 0 Å². The van der Waals surface area contributed by atoms with Gasteiger partial charge in [-0.3, -0.25) is 0 Å². The van der Waals surface area contributed by atoms with Gasteiger partial charge in [0.25, 0.3) is 0 Å². The van der Waals surface area contributed by atoms with E-state index in [9.17, 15) is 0 Å². The van der Waals surface area contributed by atoms with Gasteiger partial charge < -0.3 is 9.88 Å². The molecule has 3 heterocycles. The monoisotopic (exact) mass is 186 g/mol. The summed E-state index contributed by atoms with van der Waals surface area (Å²) in [6.07, 6.45) is 7.65. The van der Waals surface area contributed by atoms with Crippen LogP contribution in [0.15, 0.2) is 18.6 Å². The number of hydrogen-bond donors (Lipinski definition) is 1. The molecule has 0 amide bonds. The summed E-state index contributed by atoms with van der Waals surface area (Å²) < 4.78 is 2.10. The molecule has 70 valence electrons. The first kappa shape index (κ1) is 7.55. The summed E-state index contributed by atoms with van der Waals surface area (Å²) in [6, 6.07) is 0. The maximum absolute atomic E-state index is 4.29. The first-order valence-electron chi connectivity index (χ1n) is 4.57. The van der Waals surface area contributed by atoms with Crippen LogP contribution in [0.3, 0.4) is 0 Å². The molecule has 0 saturated carbocycles. The highest BCUT2D eigenvalue weighted by Gasteiger charge is 2.15. The highest BCUT2D eigenvalue weighted by Crippen LogP contribution is 2.30. The second-order valence-electron chi connectivity index (χ2n) is 3.36. The lowest BCUT2D eigenvalue weighted by Crippen LogP contribution is -2.04. The summed E-state index contributed by atoms with van der Waals surface area (Å²) in [7, 11) is 2.03. The predicted molar refractivity (Wildman–Crippen MR) is 56.0 cm³/mol. The molecule has 0 aliphatic carbocycles. The number of fused-ring (bicyclic) bond motifs is 3. The standard InChI is InChI=1S/C10H10N4/c1-14-7-3-2-4-12-9(7)10-8(14)5-11-6-13-10/h2-3,5-6,12H,4H2,1H3. The molecule has 1 N–H and O–H groups in total. The van der Waals surface area contributed by atoms with Crippen molar-refractivity contribution in [2.24, 2.45) is 7.05 Å². The summed E-state index contributed by atoms with van der Waals surface area (Å²) in [4.78, 5) is 8.32. The Balaban J connectivity index is 2.48. The van der Waals surface area contributed by atoms with E-state index in [0.29, 0.717) is 0 Å². The first-order chi connectivity index (χ1) is 6.88. The summed E-state index contributed by atoms with van der Waals surface area (Å²) in [5, 5.41) is 3.33. The minimum Gasteiger partial charge on any atom is -0.378 e. The van der Waals surface area contributed by atoms with Crippen LogP contribution in [0.4, 0.5) is 5.69 Å². The third-order valence-electron chi connectivity index (χ3n) is 2.58. The Morgan fingerprint density at radius 1 is 1.50 bits per heavy atom. The van der Waals surface area contributed by atoms with E-state index in [4.69, 9.17) is 0 Å². The molecule has 0 radical (unpaired) electrons. The fourth-order valence-electron chi connectivity index (χ4n) is 1.88. The van der Waals surface area contributed by atoms with E-state index in [0.717, 1.165) is 23.3 Å². The Morgan fingerprint density at radius 2 is 2.43 bits per heavy atom. The molecule has 3 rings (SSSR count). The number of rotatable bonds is 0. The van der Waals surface area contributed by atoms with E-state index in [1.165, 1.54) is 5.69 Å². The topological polar surface area (TPSA) is 42.7 Å². The minimum atomic E-state index is 0.871. The molecule has 1 aliphatic heterocycles. The Labute approximate surface area is 81.3 Å². The number of nitrogens with one attached hydrogen (secondary N) is 1. The molecule has 0 unspecified atom stereocenters. The molecule has 2 aromatic heterocycles. The number of aryl methyl sites for hydroxylation is 1. The van der Waals surface area contributed by atoms with Crippen molar-refractivity contribution < 1.29 is 0 Å². The molecular weight excluding hydrogens is 176 g/mol. The van der Waals surface area contributed by atoms with Gasteiger partial charge in [-0.25, -0.2) is 9.97 Å². The summed E-state index contributed by atoms with van der Waals surface area (Å²) >= 11 is 0. The Bertz CT molecular complexity index is 524. The van der Waals surface area contributed by atoms with Gasteiger partial charge in [0.1, 0.15) is 11.8 Å². The Hall–Kier alpha value is -1.84. The molecule has 0 atom stereocenters. The largest absolute Gasteiger partial charge is 0.378 e. The molecule has 4 nitrogen and oxygen atoms in total. The lowest BCUT2D eigenvalue weighted by Gasteiger charge is -2.08. The van der Waals surface area contributed by atoms with Crippen LogP contribution in [0.1, 0.15) is 5.69 Å². The minimum absolute atomic E-state index is 0.871. The van der Waals surface area contributed by atoms with Crippen LogP contribution in [-0.2, 0) is 7.05 Å². The van der Waals surface area contributed by atoms with Gasteiger partial charge in [-0.2, -0.15) is 0 Å². The van der Waals surface area contributed by atoms with Crippen molar-refractivity contribution in [1.82, 2.24) is 14.5 Å². The quantitative estimate of drug-likeness (QED) is 0.676. The fourth-order valence-corrected chi connectivity index (χ4v) is 1.88. The highest BCUT2D eigenvalue weighted by molar-refractivity contribution is 5.95. The smallest absolute Gasteiger partial charge is 0.116 e. The molecular formula is C10H10N4. The third-order valence-corrected chi connectivity index (χ3v) is 2.58. The normalized spacial score (nSPS) is 14.1. The lowest BCUT2D eigenvalue weighted by atomic mass is 10.2. The Kier molecular flexibility index (Phi) is 1.39. The molecule has 1 aliphatic rings. The summed E-state index contributed by atoms with van der Waals surface area (Å²) in [5.74, 6) is 0. The Morgan fingerprint density at radius 3 is 3.36 bits per heavy atom. The maximum atomic E-state index is 4.29. The maximum Gasteiger partial charge on any atom is 0.116 e. The summed E-state index contributed by atoms with van der Waals surface area (Å²) in [5.41, 5.74) is 4.36. The molecule has 0 spiro atoms. The molecule has 0 bridgehead atoms. The molecule has 0 aromatic carbocycles. The predicted octanol–water partition coefficient (Wildman–Crippen LogP) is 1.41. The fraction of sp³-hybridized carbons (Fsp3) is 0.200. The molecule has 0 saturated heterocycles. The van der Waals surface area contributed by atoms with E-state index in [1.807, 2.05) is 13.2 Å². The second-order valence-corrected chi connectivity index (χ2v) is 3.36. The van der Waals surface area contributed by atoms with Crippen LogP contribution in [-0.4, -0.2) is 21.1 Å². The van der Waals surface area contributed by atoms with Crippen LogP contribution < -0.4 is 5.32 Å². The van der Waals surface area contributed by atoms with Gasteiger partial charge >= 0.3 is 0 Å². The zero-order chi connectivity index (χ0) is 9.54.